The molecule has 0 bridgehead atoms. The molecule has 0 saturated carbocycles. The predicted octanol–water partition coefficient (Wildman–Crippen LogP) is 2.40. The first kappa shape index (κ1) is 11.8. The number of nitrogens with one attached hydrogen (secondary N) is 1. The summed E-state index contributed by atoms with van der Waals surface area (Å²) in [5, 5.41) is 3.21. The Morgan fingerprint density at radius 3 is 2.47 bits per heavy atom. The zero-order chi connectivity index (χ0) is 13.1. The Morgan fingerprint density at radius 2 is 1.79 bits per heavy atom. The van der Waals surface area contributed by atoms with Crippen molar-refractivity contribution in [1.82, 2.24) is 9.97 Å². The van der Waals surface area contributed by atoms with Crippen LogP contribution in [0.15, 0.2) is 36.5 Å². The van der Waals surface area contributed by atoms with E-state index >= 15 is 0 Å². The second-order valence-corrected chi connectivity index (χ2v) is 4.67. The highest BCUT2D eigenvalue weighted by atomic mass is 15.1. The van der Waals surface area contributed by atoms with E-state index in [1.165, 1.54) is 18.5 Å². The maximum absolute atomic E-state index is 5.55. The Kier molecular flexibility index (Phi) is 3.18. The summed E-state index contributed by atoms with van der Waals surface area (Å²) in [5.41, 5.74) is 7.83. The smallest absolute Gasteiger partial charge is 0.221 e. The zero-order valence-corrected chi connectivity index (χ0v) is 10.7. The van der Waals surface area contributed by atoms with Gasteiger partial charge in [-0.15, -0.1) is 0 Å². The highest BCUT2D eigenvalue weighted by molar-refractivity contribution is 5.61. The van der Waals surface area contributed by atoms with Crippen LogP contribution in [0.25, 0.3) is 0 Å². The van der Waals surface area contributed by atoms with Crippen molar-refractivity contribution in [3.05, 3.63) is 36.5 Å². The van der Waals surface area contributed by atoms with Crippen molar-refractivity contribution in [3.63, 3.8) is 0 Å². The van der Waals surface area contributed by atoms with Gasteiger partial charge in [0.2, 0.25) is 5.95 Å². The molecule has 1 aromatic carbocycles. The number of aromatic nitrogens is 2. The van der Waals surface area contributed by atoms with Crippen molar-refractivity contribution in [2.45, 2.75) is 12.8 Å². The van der Waals surface area contributed by atoms with Crippen molar-refractivity contribution in [2.24, 2.45) is 0 Å². The van der Waals surface area contributed by atoms with Crippen molar-refractivity contribution in [3.8, 4) is 0 Å². The molecule has 1 aliphatic rings. The van der Waals surface area contributed by atoms with E-state index in [0.717, 1.165) is 18.8 Å². The van der Waals surface area contributed by atoms with E-state index in [2.05, 4.69) is 44.5 Å². The van der Waals surface area contributed by atoms with Crippen LogP contribution in [-0.4, -0.2) is 23.1 Å². The maximum atomic E-state index is 5.55. The monoisotopic (exact) mass is 255 g/mol. The minimum absolute atomic E-state index is 0.277. The summed E-state index contributed by atoms with van der Waals surface area (Å²) in [4.78, 5) is 10.4. The molecule has 3 rings (SSSR count). The number of hydrogen-bond acceptors (Lipinski definition) is 5. The number of anilines is 4. The minimum atomic E-state index is 0.277. The molecule has 2 aromatic rings. The summed E-state index contributed by atoms with van der Waals surface area (Å²) in [7, 11) is 0. The average Bonchev–Trinajstić information content (AvgIpc) is 2.94. The first-order valence-corrected chi connectivity index (χ1v) is 6.52. The molecule has 0 radical (unpaired) electrons. The van der Waals surface area contributed by atoms with Crippen LogP contribution in [0.2, 0.25) is 0 Å². The Labute approximate surface area is 112 Å². The summed E-state index contributed by atoms with van der Waals surface area (Å²) >= 11 is 0. The van der Waals surface area contributed by atoms with E-state index in [1.54, 1.807) is 12.3 Å². The van der Waals surface area contributed by atoms with Gasteiger partial charge >= 0.3 is 0 Å². The summed E-state index contributed by atoms with van der Waals surface area (Å²) in [5.74, 6) is 0.986. The number of rotatable bonds is 3. The van der Waals surface area contributed by atoms with Crippen molar-refractivity contribution in [2.75, 3.05) is 29.0 Å². The molecule has 3 N–H and O–H groups in total. The lowest BCUT2D eigenvalue weighted by Gasteiger charge is -2.17. The largest absolute Gasteiger partial charge is 0.372 e. The molecule has 0 spiro atoms. The Hall–Kier alpha value is -2.30. The third-order valence-electron chi connectivity index (χ3n) is 3.29. The van der Waals surface area contributed by atoms with Gasteiger partial charge in [0.05, 0.1) is 0 Å². The van der Waals surface area contributed by atoms with E-state index < -0.39 is 0 Å². The van der Waals surface area contributed by atoms with E-state index in [9.17, 15) is 0 Å². The van der Waals surface area contributed by atoms with Gasteiger partial charge in [-0.1, -0.05) is 0 Å². The molecule has 0 amide bonds. The zero-order valence-electron chi connectivity index (χ0n) is 10.7. The van der Waals surface area contributed by atoms with E-state index in [-0.39, 0.29) is 5.95 Å². The number of hydrogen-bond donors (Lipinski definition) is 2. The van der Waals surface area contributed by atoms with Crippen LogP contribution in [0.3, 0.4) is 0 Å². The topological polar surface area (TPSA) is 67.1 Å². The molecule has 0 atom stereocenters. The molecule has 5 heteroatoms. The van der Waals surface area contributed by atoms with Gasteiger partial charge in [0.15, 0.2) is 0 Å². The highest BCUT2D eigenvalue weighted by Gasteiger charge is 2.11. The van der Waals surface area contributed by atoms with Crippen LogP contribution in [0.1, 0.15) is 12.8 Å². The van der Waals surface area contributed by atoms with Gasteiger partial charge in [0.1, 0.15) is 5.82 Å². The molecule has 1 saturated heterocycles. The highest BCUT2D eigenvalue weighted by Crippen LogP contribution is 2.23. The van der Waals surface area contributed by atoms with Gasteiger partial charge in [-0.3, -0.25) is 0 Å². The first-order valence-electron chi connectivity index (χ1n) is 6.52. The quantitative estimate of drug-likeness (QED) is 0.881. The Balaban J connectivity index is 1.72. The normalized spacial score (nSPS) is 14.6. The molecule has 0 unspecified atom stereocenters. The minimum Gasteiger partial charge on any atom is -0.372 e. The second-order valence-electron chi connectivity index (χ2n) is 4.67. The molecular weight excluding hydrogens is 238 g/mol. The molecule has 1 aromatic heterocycles. The van der Waals surface area contributed by atoms with Gasteiger partial charge in [0, 0.05) is 30.7 Å². The fourth-order valence-corrected chi connectivity index (χ4v) is 2.32. The maximum Gasteiger partial charge on any atom is 0.221 e. The lowest BCUT2D eigenvalue weighted by molar-refractivity contribution is 0.949. The lowest BCUT2D eigenvalue weighted by atomic mass is 10.2. The van der Waals surface area contributed by atoms with Gasteiger partial charge in [-0.25, -0.2) is 4.98 Å². The Morgan fingerprint density at radius 1 is 1.05 bits per heavy atom. The molecule has 5 nitrogen and oxygen atoms in total. The summed E-state index contributed by atoms with van der Waals surface area (Å²) < 4.78 is 0. The fourth-order valence-electron chi connectivity index (χ4n) is 2.32. The fraction of sp³-hybridized carbons (Fsp3) is 0.286. The third kappa shape index (κ3) is 2.76. The van der Waals surface area contributed by atoms with Crippen LogP contribution in [-0.2, 0) is 0 Å². The van der Waals surface area contributed by atoms with Crippen LogP contribution < -0.4 is 16.0 Å². The van der Waals surface area contributed by atoms with Gasteiger partial charge in [0.25, 0.3) is 0 Å². The number of benzene rings is 1. The van der Waals surface area contributed by atoms with Crippen molar-refractivity contribution in [1.29, 1.82) is 0 Å². The van der Waals surface area contributed by atoms with Crippen LogP contribution in [0, 0.1) is 0 Å². The molecule has 0 aliphatic carbocycles. The summed E-state index contributed by atoms with van der Waals surface area (Å²) in [6.07, 6.45) is 4.23. The van der Waals surface area contributed by atoms with E-state index in [1.807, 2.05) is 0 Å². The molecule has 1 fully saturated rings. The van der Waals surface area contributed by atoms with Crippen molar-refractivity contribution < 1.29 is 0 Å². The van der Waals surface area contributed by atoms with Crippen LogP contribution >= 0.6 is 0 Å². The SMILES string of the molecule is Nc1nccc(Nc2ccc(N3CCCC3)cc2)n1. The van der Waals surface area contributed by atoms with Gasteiger partial charge < -0.3 is 16.0 Å². The summed E-state index contributed by atoms with van der Waals surface area (Å²) in [6.45, 7) is 2.32. The molecule has 19 heavy (non-hydrogen) atoms. The number of nitrogens with two attached hydrogens (primary N) is 1. The van der Waals surface area contributed by atoms with Gasteiger partial charge in [-0.2, -0.15) is 4.98 Å². The van der Waals surface area contributed by atoms with Crippen LogP contribution in [0.5, 0.6) is 0 Å². The number of nitrogen functional groups attached to an aromatic ring is 1. The molecular formula is C14H17N5. The first-order chi connectivity index (χ1) is 9.31. The molecule has 1 aliphatic heterocycles. The van der Waals surface area contributed by atoms with Crippen LogP contribution in [0.4, 0.5) is 23.1 Å². The Bertz CT molecular complexity index is 546. The number of nitrogens with zero attached hydrogens (tertiary/aromatic N) is 3. The van der Waals surface area contributed by atoms with E-state index in [0.29, 0.717) is 5.82 Å². The van der Waals surface area contributed by atoms with E-state index in [4.69, 9.17) is 5.73 Å². The lowest BCUT2D eigenvalue weighted by Crippen LogP contribution is -2.17. The summed E-state index contributed by atoms with van der Waals surface area (Å²) in [6, 6.07) is 10.2. The molecule has 2 heterocycles. The molecule has 98 valence electrons. The van der Waals surface area contributed by atoms with Gasteiger partial charge in [-0.05, 0) is 43.2 Å². The third-order valence-corrected chi connectivity index (χ3v) is 3.29. The van der Waals surface area contributed by atoms with Crippen molar-refractivity contribution >= 4 is 23.1 Å². The second kappa shape index (κ2) is 5.14. The standard InChI is InChI=1S/C14H17N5/c15-14-16-8-7-13(18-14)17-11-3-5-12(6-4-11)19-9-1-2-10-19/h3-8H,1-2,9-10H2,(H3,15,16,17,18). The average molecular weight is 255 g/mol. The predicted molar refractivity (Wildman–Crippen MR) is 77.6 cm³/mol.